The second kappa shape index (κ2) is 8.32. The molecule has 1 radical (unpaired) electrons. The maximum absolute atomic E-state index is 10.3. The van der Waals surface area contributed by atoms with Gasteiger partial charge in [-0.25, -0.2) is 0 Å². The molecule has 7 heteroatoms. The van der Waals surface area contributed by atoms with Crippen molar-refractivity contribution in [3.8, 4) is 0 Å². The van der Waals surface area contributed by atoms with Crippen LogP contribution in [0.3, 0.4) is 0 Å². The van der Waals surface area contributed by atoms with Crippen molar-refractivity contribution in [2.75, 3.05) is 0 Å². The van der Waals surface area contributed by atoms with E-state index in [4.69, 9.17) is 9.90 Å². The zero-order chi connectivity index (χ0) is 12.7. The van der Waals surface area contributed by atoms with Gasteiger partial charge in [0.15, 0.2) is 0 Å². The molecule has 1 aromatic carbocycles. The summed E-state index contributed by atoms with van der Waals surface area (Å²) < 4.78 is 0. The maximum atomic E-state index is 10.3. The van der Waals surface area contributed by atoms with Gasteiger partial charge in [-0.1, -0.05) is 24.3 Å². The SMILES string of the molecule is CC(=O)[O-].O=C([O-])c1ccccc1C(=O)[O-].[Cu]. The largest absolute Gasteiger partial charge is 0.550 e. The summed E-state index contributed by atoms with van der Waals surface area (Å²) in [5, 5.41) is 29.5. The van der Waals surface area contributed by atoms with E-state index in [-0.39, 0.29) is 28.2 Å². The summed E-state index contributed by atoms with van der Waals surface area (Å²) in [7, 11) is 0. The zero-order valence-corrected chi connectivity index (χ0v) is 9.50. The van der Waals surface area contributed by atoms with Gasteiger partial charge in [0, 0.05) is 34.2 Å². The molecule has 0 amide bonds. The Hall–Kier alpha value is -1.85. The van der Waals surface area contributed by atoms with E-state index in [2.05, 4.69) is 0 Å². The van der Waals surface area contributed by atoms with Crippen LogP contribution in [0.15, 0.2) is 24.3 Å². The smallest absolute Gasteiger partial charge is 0.0721 e. The minimum absolute atomic E-state index is 0. The van der Waals surface area contributed by atoms with Gasteiger partial charge < -0.3 is 29.7 Å². The van der Waals surface area contributed by atoms with Crippen molar-refractivity contribution in [2.45, 2.75) is 6.92 Å². The monoisotopic (exact) mass is 286 g/mol. The fourth-order valence-electron chi connectivity index (χ4n) is 0.839. The van der Waals surface area contributed by atoms with Gasteiger partial charge in [-0.3, -0.25) is 0 Å². The third-order valence-corrected chi connectivity index (χ3v) is 1.37. The molecule has 0 aliphatic heterocycles. The van der Waals surface area contributed by atoms with E-state index >= 15 is 0 Å². The second-order valence-electron chi connectivity index (χ2n) is 2.61. The van der Waals surface area contributed by atoms with E-state index in [1.54, 1.807) is 0 Å². The van der Waals surface area contributed by atoms with Gasteiger partial charge in [0.05, 0.1) is 11.9 Å². The topological polar surface area (TPSA) is 120 Å². The molecule has 0 aliphatic carbocycles. The minimum Gasteiger partial charge on any atom is -0.550 e. The Morgan fingerprint density at radius 1 is 0.882 bits per heavy atom. The van der Waals surface area contributed by atoms with Crippen molar-refractivity contribution in [1.82, 2.24) is 0 Å². The predicted octanol–water partition coefficient (Wildman–Crippen LogP) is -2.83. The Balaban J connectivity index is 0. The van der Waals surface area contributed by atoms with Gasteiger partial charge in [-0.15, -0.1) is 0 Å². The van der Waals surface area contributed by atoms with Gasteiger partial charge in [0.25, 0.3) is 0 Å². The molecule has 0 aliphatic rings. The van der Waals surface area contributed by atoms with E-state index in [1.165, 1.54) is 12.1 Å². The third kappa shape index (κ3) is 7.10. The Morgan fingerprint density at radius 3 is 1.29 bits per heavy atom. The summed E-state index contributed by atoms with van der Waals surface area (Å²) >= 11 is 0. The molecule has 0 saturated carbocycles. The van der Waals surface area contributed by atoms with Crippen molar-refractivity contribution < 1.29 is 46.8 Å². The van der Waals surface area contributed by atoms with E-state index in [0.717, 1.165) is 19.1 Å². The van der Waals surface area contributed by atoms with Crippen LogP contribution in [0, 0.1) is 0 Å². The van der Waals surface area contributed by atoms with Crippen LogP contribution in [0.4, 0.5) is 0 Å². The van der Waals surface area contributed by atoms with Crippen LogP contribution in [0.25, 0.3) is 0 Å². The first-order chi connectivity index (χ1) is 7.36. The Morgan fingerprint density at radius 2 is 1.12 bits per heavy atom. The number of benzene rings is 1. The number of rotatable bonds is 2. The number of carbonyl (C=O) groups excluding carboxylic acids is 3. The summed E-state index contributed by atoms with van der Waals surface area (Å²) in [6.45, 7) is 0.972. The van der Waals surface area contributed by atoms with Crippen molar-refractivity contribution in [3.63, 3.8) is 0 Å². The number of aromatic carboxylic acids is 2. The fraction of sp³-hybridized carbons (Fsp3) is 0.100. The van der Waals surface area contributed by atoms with Crippen molar-refractivity contribution in [2.24, 2.45) is 0 Å². The van der Waals surface area contributed by atoms with Gasteiger partial charge in [-0.2, -0.15) is 0 Å². The second-order valence-corrected chi connectivity index (χ2v) is 2.61. The summed E-state index contributed by atoms with van der Waals surface area (Å²) in [5.41, 5.74) is -0.727. The summed E-state index contributed by atoms with van der Waals surface area (Å²) in [4.78, 5) is 29.5. The first-order valence-corrected chi connectivity index (χ1v) is 4.05. The maximum Gasteiger partial charge on any atom is 0.0721 e. The molecule has 0 N–H and O–H groups in total. The molecule has 6 nitrogen and oxygen atoms in total. The Kier molecular flexibility index (Phi) is 8.58. The number of hydrogen-bond acceptors (Lipinski definition) is 6. The third-order valence-electron chi connectivity index (χ3n) is 1.37. The summed E-state index contributed by atoms with van der Waals surface area (Å²) in [5.74, 6) is -4.12. The average Bonchev–Trinajstić information content (AvgIpc) is 2.16. The van der Waals surface area contributed by atoms with Crippen LogP contribution >= 0.6 is 0 Å². The number of carboxylic acids is 3. The molecule has 1 aromatic rings. The Labute approximate surface area is 107 Å². The first kappa shape index (κ1) is 17.5. The van der Waals surface area contributed by atoms with E-state index in [1.807, 2.05) is 0 Å². The molecule has 0 spiro atoms. The van der Waals surface area contributed by atoms with Crippen LogP contribution in [0.5, 0.6) is 0 Å². The molecular weight excluding hydrogens is 280 g/mol. The fourth-order valence-corrected chi connectivity index (χ4v) is 0.839. The van der Waals surface area contributed by atoms with Crippen molar-refractivity contribution in [1.29, 1.82) is 0 Å². The van der Waals surface area contributed by atoms with E-state index < -0.39 is 17.9 Å². The first-order valence-electron chi connectivity index (χ1n) is 4.05. The molecule has 0 bridgehead atoms. The molecule has 0 fully saturated rings. The van der Waals surface area contributed by atoms with Crippen LogP contribution in [0.2, 0.25) is 0 Å². The number of aliphatic carboxylic acids is 1. The molecule has 0 saturated heterocycles. The summed E-state index contributed by atoms with van der Waals surface area (Å²) in [6, 6.07) is 5.14. The van der Waals surface area contributed by atoms with Gasteiger partial charge >= 0.3 is 0 Å². The van der Waals surface area contributed by atoms with Gasteiger partial charge in [-0.05, 0) is 6.92 Å². The van der Waals surface area contributed by atoms with Crippen molar-refractivity contribution >= 4 is 17.9 Å². The molecule has 0 atom stereocenters. The predicted molar refractivity (Wildman–Crippen MR) is 45.8 cm³/mol. The number of carbonyl (C=O) groups is 3. The molecule has 97 valence electrons. The zero-order valence-electron chi connectivity index (χ0n) is 8.56. The van der Waals surface area contributed by atoms with Crippen molar-refractivity contribution in [3.05, 3.63) is 35.4 Å². The molecule has 1 rings (SSSR count). The van der Waals surface area contributed by atoms with E-state index in [0.29, 0.717) is 0 Å². The van der Waals surface area contributed by atoms with Crippen LogP contribution in [0.1, 0.15) is 27.6 Å². The Bertz CT molecular complexity index is 378. The standard InChI is InChI=1S/C8H6O4.C2H4O2.Cu/c9-7(10)5-3-1-2-4-6(5)8(11)12;1-2(3)4;/h1-4H,(H,9,10)(H,11,12);1H3,(H,3,4);/p-3. The van der Waals surface area contributed by atoms with Crippen LogP contribution in [-0.4, -0.2) is 17.9 Å². The molecular formula is C10H7CuO6-3. The molecule has 0 unspecified atom stereocenters. The van der Waals surface area contributed by atoms with E-state index in [9.17, 15) is 19.8 Å². The number of hydrogen-bond donors (Lipinski definition) is 0. The number of carboxylic acid groups (broad SMARTS) is 3. The minimum atomic E-state index is -1.52. The molecule has 17 heavy (non-hydrogen) atoms. The molecule has 0 aromatic heterocycles. The normalized spacial score (nSPS) is 8.06. The molecule has 0 heterocycles. The van der Waals surface area contributed by atoms with Crippen LogP contribution < -0.4 is 15.3 Å². The summed E-state index contributed by atoms with van der Waals surface area (Å²) in [6.07, 6.45) is 0. The van der Waals surface area contributed by atoms with Gasteiger partial charge in [0.1, 0.15) is 0 Å². The van der Waals surface area contributed by atoms with Gasteiger partial charge in [0.2, 0.25) is 0 Å². The quantitative estimate of drug-likeness (QED) is 0.540. The average molecular weight is 287 g/mol. The van der Waals surface area contributed by atoms with Crippen LogP contribution in [-0.2, 0) is 21.9 Å².